The number of ether oxygens (including phenoxy) is 1. The van der Waals surface area contributed by atoms with E-state index in [1.165, 1.54) is 0 Å². The molecule has 1 saturated heterocycles. The van der Waals surface area contributed by atoms with Crippen molar-refractivity contribution in [1.29, 1.82) is 0 Å². The minimum atomic E-state index is -0.326. The van der Waals surface area contributed by atoms with E-state index in [0.717, 1.165) is 24.2 Å². The molecule has 6 heteroatoms. The Morgan fingerprint density at radius 3 is 3.10 bits per heavy atom. The highest BCUT2D eigenvalue weighted by Gasteiger charge is 2.23. The molecule has 1 fully saturated rings. The molecule has 5 nitrogen and oxygen atoms in total. The van der Waals surface area contributed by atoms with Crippen LogP contribution < -0.4 is 5.32 Å². The monoisotopic (exact) mass is 289 g/mol. The largest absolute Gasteiger partial charge is 0.368 e. The van der Waals surface area contributed by atoms with Gasteiger partial charge in [0.25, 0.3) is 5.91 Å². The highest BCUT2D eigenvalue weighted by atomic mass is 32.1. The average molecular weight is 289 g/mol. The highest BCUT2D eigenvalue weighted by molar-refractivity contribution is 7.71. The number of aromatic amines is 1. The normalized spacial score (nSPS) is 18.1. The van der Waals surface area contributed by atoms with Crippen LogP contribution in [0, 0.1) is 4.77 Å². The Morgan fingerprint density at radius 2 is 2.40 bits per heavy atom. The Hall–Kier alpha value is -1.92. The van der Waals surface area contributed by atoms with Gasteiger partial charge in [-0.15, -0.1) is 0 Å². The van der Waals surface area contributed by atoms with E-state index in [4.69, 9.17) is 17.0 Å². The number of nitrogens with one attached hydrogen (secondary N) is 2. The second-order valence-electron chi connectivity index (χ2n) is 4.68. The smallest absolute Gasteiger partial charge is 0.253 e. The van der Waals surface area contributed by atoms with Gasteiger partial charge in [0, 0.05) is 30.4 Å². The van der Waals surface area contributed by atoms with Crippen LogP contribution in [0.15, 0.2) is 36.7 Å². The lowest BCUT2D eigenvalue weighted by Gasteiger charge is -2.11. The molecule has 0 radical (unpaired) electrons. The third kappa shape index (κ3) is 2.66. The SMILES string of the molecule is O=C(Nc1cccc(-n2cc[nH]c2=S)c1)[C@@H]1CCCO1. The molecule has 3 rings (SSSR count). The molecule has 1 aliphatic heterocycles. The van der Waals surface area contributed by atoms with Gasteiger partial charge in [-0.25, -0.2) is 0 Å². The molecule has 2 N–H and O–H groups in total. The predicted octanol–water partition coefficient (Wildman–Crippen LogP) is 2.65. The number of carbonyl (C=O) groups is 1. The first-order valence-electron chi connectivity index (χ1n) is 6.53. The lowest BCUT2D eigenvalue weighted by atomic mass is 10.2. The fourth-order valence-electron chi connectivity index (χ4n) is 2.26. The molecule has 2 aromatic rings. The van der Waals surface area contributed by atoms with Gasteiger partial charge in [-0.3, -0.25) is 9.36 Å². The molecule has 0 spiro atoms. The van der Waals surface area contributed by atoms with Crippen molar-refractivity contribution in [3.05, 3.63) is 41.4 Å². The maximum atomic E-state index is 12.0. The number of H-pyrrole nitrogens is 1. The van der Waals surface area contributed by atoms with E-state index >= 15 is 0 Å². The summed E-state index contributed by atoms with van der Waals surface area (Å²) in [5.41, 5.74) is 1.65. The van der Waals surface area contributed by atoms with Crippen molar-refractivity contribution in [3.8, 4) is 5.69 Å². The molecular weight excluding hydrogens is 274 g/mol. The summed E-state index contributed by atoms with van der Waals surface area (Å²) in [5.74, 6) is -0.0858. The van der Waals surface area contributed by atoms with Crippen LogP contribution in [-0.4, -0.2) is 28.2 Å². The van der Waals surface area contributed by atoms with Crippen molar-refractivity contribution < 1.29 is 9.53 Å². The van der Waals surface area contributed by atoms with E-state index in [9.17, 15) is 4.79 Å². The lowest BCUT2D eigenvalue weighted by Crippen LogP contribution is -2.26. The maximum Gasteiger partial charge on any atom is 0.253 e. The molecule has 2 heterocycles. The van der Waals surface area contributed by atoms with Crippen molar-refractivity contribution in [2.75, 3.05) is 11.9 Å². The standard InChI is InChI=1S/C14H15N3O2S/c18-13(12-5-2-8-19-12)16-10-3-1-4-11(9-10)17-7-6-15-14(17)20/h1,3-4,6-7,9,12H,2,5,8H2,(H,15,20)(H,16,18)/t12-/m0/s1. The van der Waals surface area contributed by atoms with Gasteiger partial charge in [-0.1, -0.05) is 6.07 Å². The predicted molar refractivity (Wildman–Crippen MR) is 78.6 cm³/mol. The zero-order chi connectivity index (χ0) is 13.9. The van der Waals surface area contributed by atoms with Gasteiger partial charge < -0.3 is 15.0 Å². The van der Waals surface area contributed by atoms with E-state index < -0.39 is 0 Å². The molecule has 1 aromatic carbocycles. The number of hydrogen-bond donors (Lipinski definition) is 2. The van der Waals surface area contributed by atoms with Crippen molar-refractivity contribution >= 4 is 23.8 Å². The van der Waals surface area contributed by atoms with Gasteiger partial charge in [-0.05, 0) is 43.3 Å². The Balaban J connectivity index is 1.79. The molecule has 1 aliphatic rings. The fraction of sp³-hybridized carbons (Fsp3) is 0.286. The summed E-state index contributed by atoms with van der Waals surface area (Å²) in [6.07, 6.45) is 5.03. The number of anilines is 1. The van der Waals surface area contributed by atoms with E-state index in [-0.39, 0.29) is 12.0 Å². The molecule has 0 aliphatic carbocycles. The van der Waals surface area contributed by atoms with Crippen molar-refractivity contribution in [2.45, 2.75) is 18.9 Å². The van der Waals surface area contributed by atoms with Crippen LogP contribution in [-0.2, 0) is 9.53 Å². The van der Waals surface area contributed by atoms with Crippen molar-refractivity contribution in [2.24, 2.45) is 0 Å². The number of aromatic nitrogens is 2. The minimum absolute atomic E-state index is 0.0858. The Labute approximate surface area is 121 Å². The van der Waals surface area contributed by atoms with E-state index in [2.05, 4.69) is 10.3 Å². The summed E-state index contributed by atoms with van der Waals surface area (Å²) < 4.78 is 7.83. The Bertz CT molecular complexity index is 671. The van der Waals surface area contributed by atoms with Crippen LogP contribution in [0.5, 0.6) is 0 Å². The Kier molecular flexibility index (Phi) is 3.66. The highest BCUT2D eigenvalue weighted by Crippen LogP contribution is 2.18. The van der Waals surface area contributed by atoms with Crippen LogP contribution in [0.25, 0.3) is 5.69 Å². The quantitative estimate of drug-likeness (QED) is 0.854. The third-order valence-electron chi connectivity index (χ3n) is 3.26. The number of imidazole rings is 1. The van der Waals surface area contributed by atoms with Gasteiger partial charge in [-0.2, -0.15) is 0 Å². The van der Waals surface area contributed by atoms with Crippen molar-refractivity contribution in [3.63, 3.8) is 0 Å². The second-order valence-corrected chi connectivity index (χ2v) is 5.06. The molecule has 1 amide bonds. The summed E-state index contributed by atoms with van der Waals surface area (Å²) in [4.78, 5) is 15.0. The first kappa shape index (κ1) is 13.1. The summed E-state index contributed by atoms with van der Waals surface area (Å²) in [6.45, 7) is 0.663. The fourth-order valence-corrected chi connectivity index (χ4v) is 2.50. The minimum Gasteiger partial charge on any atom is -0.368 e. The van der Waals surface area contributed by atoms with E-state index in [0.29, 0.717) is 11.4 Å². The lowest BCUT2D eigenvalue weighted by molar-refractivity contribution is -0.124. The molecule has 104 valence electrons. The van der Waals surface area contributed by atoms with Crippen LogP contribution >= 0.6 is 12.2 Å². The molecule has 1 atom stereocenters. The number of carbonyl (C=O) groups excluding carboxylic acids is 1. The van der Waals surface area contributed by atoms with E-state index in [1.807, 2.05) is 35.0 Å². The molecule has 0 saturated carbocycles. The van der Waals surface area contributed by atoms with Crippen LogP contribution in [0.2, 0.25) is 0 Å². The van der Waals surface area contributed by atoms with Gasteiger partial charge in [0.1, 0.15) is 6.10 Å². The molecule has 0 unspecified atom stereocenters. The van der Waals surface area contributed by atoms with Gasteiger partial charge in [0.05, 0.1) is 0 Å². The van der Waals surface area contributed by atoms with Gasteiger partial charge in [0.2, 0.25) is 0 Å². The first-order chi connectivity index (χ1) is 9.74. The van der Waals surface area contributed by atoms with E-state index in [1.54, 1.807) is 6.20 Å². The molecule has 20 heavy (non-hydrogen) atoms. The van der Waals surface area contributed by atoms with Gasteiger partial charge in [0.15, 0.2) is 4.77 Å². The average Bonchev–Trinajstić information content (AvgIpc) is 3.10. The zero-order valence-electron chi connectivity index (χ0n) is 10.8. The number of nitrogens with zero attached hydrogens (tertiary/aromatic N) is 1. The molecule has 1 aromatic heterocycles. The zero-order valence-corrected chi connectivity index (χ0v) is 11.7. The third-order valence-corrected chi connectivity index (χ3v) is 3.58. The first-order valence-corrected chi connectivity index (χ1v) is 6.94. The number of hydrogen-bond acceptors (Lipinski definition) is 3. The number of rotatable bonds is 3. The second kappa shape index (κ2) is 5.60. The maximum absolute atomic E-state index is 12.0. The Morgan fingerprint density at radius 1 is 1.50 bits per heavy atom. The summed E-state index contributed by atoms with van der Waals surface area (Å²) in [7, 11) is 0. The summed E-state index contributed by atoms with van der Waals surface area (Å²) in [5, 5.41) is 2.88. The number of amides is 1. The van der Waals surface area contributed by atoms with Crippen LogP contribution in [0.1, 0.15) is 12.8 Å². The topological polar surface area (TPSA) is 59.0 Å². The summed E-state index contributed by atoms with van der Waals surface area (Å²) in [6, 6.07) is 7.56. The summed E-state index contributed by atoms with van der Waals surface area (Å²) >= 11 is 5.19. The van der Waals surface area contributed by atoms with Crippen LogP contribution in [0.3, 0.4) is 0 Å². The number of benzene rings is 1. The van der Waals surface area contributed by atoms with Crippen molar-refractivity contribution in [1.82, 2.24) is 9.55 Å². The molecule has 0 bridgehead atoms. The van der Waals surface area contributed by atoms with Crippen LogP contribution in [0.4, 0.5) is 5.69 Å². The molecular formula is C14H15N3O2S. The van der Waals surface area contributed by atoms with Gasteiger partial charge >= 0.3 is 0 Å².